The Morgan fingerprint density at radius 2 is 2.04 bits per heavy atom. The number of ether oxygens (including phenoxy) is 1. The van der Waals surface area contributed by atoms with Gasteiger partial charge >= 0.3 is 22.2 Å². The maximum absolute atomic E-state index is 13.0. The number of hydrogen-bond donors (Lipinski definition) is 0. The fourth-order valence-electron chi connectivity index (χ4n) is 2.58. The van der Waals surface area contributed by atoms with Gasteiger partial charge in [0.25, 0.3) is 0 Å². The smallest absolute Gasteiger partial charge is 0.329 e. The third-order valence-electron chi connectivity index (χ3n) is 4.77. The van der Waals surface area contributed by atoms with Gasteiger partial charge in [-0.15, -0.1) is 5.10 Å². The van der Waals surface area contributed by atoms with Crippen LogP contribution in [0.2, 0.25) is 0 Å². The molecule has 27 heavy (non-hydrogen) atoms. The van der Waals surface area contributed by atoms with Crippen molar-refractivity contribution in [2.75, 3.05) is 26.0 Å². The number of rotatable bonds is 6. The van der Waals surface area contributed by atoms with Crippen LogP contribution in [0.25, 0.3) is 0 Å². The van der Waals surface area contributed by atoms with Crippen molar-refractivity contribution in [2.24, 2.45) is 5.10 Å². The first-order chi connectivity index (χ1) is 12.5. The van der Waals surface area contributed by atoms with Gasteiger partial charge in [-0.2, -0.15) is 17.1 Å². The summed E-state index contributed by atoms with van der Waals surface area (Å²) in [6.07, 6.45) is -0.139. The molecule has 0 N–H and O–H groups in total. The lowest BCUT2D eigenvalue weighted by molar-refractivity contribution is -0.149. The Balaban J connectivity index is 2.35. The molecule has 2 aliphatic heterocycles. The van der Waals surface area contributed by atoms with Crippen molar-refractivity contribution in [2.45, 2.75) is 52.8 Å². The minimum absolute atomic E-state index is 0.0513. The second-order valence-corrected chi connectivity index (χ2v) is 9.75. The summed E-state index contributed by atoms with van der Waals surface area (Å²) in [6.45, 7) is 9.30. The van der Waals surface area contributed by atoms with E-state index in [-0.39, 0.29) is 23.6 Å². The monoisotopic (exact) mass is 421 g/mol. The van der Waals surface area contributed by atoms with Gasteiger partial charge in [0, 0.05) is 26.1 Å². The maximum Gasteiger partial charge on any atom is 0.329 e. The average molecular weight is 422 g/mol. The Morgan fingerprint density at radius 3 is 2.56 bits per heavy atom. The number of hydrogen-bond acceptors (Lipinski definition) is 7. The van der Waals surface area contributed by atoms with Crippen LogP contribution in [-0.2, 0) is 19.7 Å². The van der Waals surface area contributed by atoms with Crippen LogP contribution in [0.15, 0.2) is 5.10 Å². The normalized spacial score (nSPS) is 21.3. The Morgan fingerprint density at radius 1 is 1.41 bits per heavy atom. The molecule has 0 spiro atoms. The largest absolute Gasteiger partial charge is 0.439 e. The third-order valence-corrected chi connectivity index (χ3v) is 7.64. The van der Waals surface area contributed by atoms with Gasteiger partial charge in [-0.3, -0.25) is 4.79 Å². The number of esters is 1. The van der Waals surface area contributed by atoms with Crippen LogP contribution >= 0.6 is 11.8 Å². The zero-order valence-corrected chi connectivity index (χ0v) is 18.1. The zero-order chi connectivity index (χ0) is 20.6. The summed E-state index contributed by atoms with van der Waals surface area (Å²) < 4.78 is 32.4. The van der Waals surface area contributed by atoms with Gasteiger partial charge in [-0.1, -0.05) is 25.6 Å². The molecule has 0 aromatic heterocycles. The van der Waals surface area contributed by atoms with Crippen molar-refractivity contribution in [3.63, 3.8) is 0 Å². The van der Waals surface area contributed by atoms with E-state index in [1.54, 1.807) is 11.8 Å². The molecule has 0 bridgehead atoms. The molecule has 1 fully saturated rings. The molecule has 2 rings (SSSR count). The molecule has 0 aromatic rings. The summed E-state index contributed by atoms with van der Waals surface area (Å²) in [5, 5.41) is 4.33. The summed E-state index contributed by atoms with van der Waals surface area (Å²) in [5.74, 6) is -0.469. The second kappa shape index (κ2) is 7.84. The van der Waals surface area contributed by atoms with Crippen molar-refractivity contribution in [1.82, 2.24) is 18.5 Å². The van der Waals surface area contributed by atoms with Crippen molar-refractivity contribution in [1.29, 1.82) is 0 Å². The van der Waals surface area contributed by atoms with Gasteiger partial charge in [-0.25, -0.2) is 9.69 Å². The van der Waals surface area contributed by atoms with E-state index in [0.29, 0.717) is 13.0 Å². The lowest BCUT2D eigenvalue weighted by Crippen LogP contribution is -2.46. The van der Waals surface area contributed by atoms with Gasteiger partial charge in [0.15, 0.2) is 5.17 Å². The fraction of sp³-hybridized carbons (Fsp3) is 0.800. The van der Waals surface area contributed by atoms with Crippen LogP contribution in [0.4, 0.5) is 4.79 Å². The summed E-state index contributed by atoms with van der Waals surface area (Å²) in [7, 11) is -2.30. The van der Waals surface area contributed by atoms with E-state index in [0.717, 1.165) is 16.2 Å². The fourth-order valence-corrected chi connectivity index (χ4v) is 4.92. The number of thioether (sulfide) groups is 1. The summed E-state index contributed by atoms with van der Waals surface area (Å²) in [4.78, 5) is 27.4. The van der Waals surface area contributed by atoms with Crippen LogP contribution < -0.4 is 0 Å². The van der Waals surface area contributed by atoms with Crippen LogP contribution in [0.5, 0.6) is 0 Å². The quantitative estimate of drug-likeness (QED) is 0.599. The number of urea groups is 1. The van der Waals surface area contributed by atoms with E-state index in [2.05, 4.69) is 5.10 Å². The predicted molar refractivity (Wildman–Crippen MR) is 103 cm³/mol. The molecular weight excluding hydrogens is 394 g/mol. The van der Waals surface area contributed by atoms with Crippen molar-refractivity contribution >= 4 is 39.1 Å². The van der Waals surface area contributed by atoms with E-state index in [9.17, 15) is 18.0 Å². The van der Waals surface area contributed by atoms with Crippen LogP contribution in [0.3, 0.4) is 0 Å². The molecule has 0 saturated carbocycles. The predicted octanol–water partition coefficient (Wildman–Crippen LogP) is 1.28. The molecule has 0 aliphatic carbocycles. The van der Waals surface area contributed by atoms with Crippen LogP contribution in [0, 0.1) is 0 Å². The lowest BCUT2D eigenvalue weighted by atomic mass is 10.0. The minimum Gasteiger partial charge on any atom is -0.439 e. The van der Waals surface area contributed by atoms with Crippen LogP contribution in [-0.4, -0.2) is 81.9 Å². The summed E-state index contributed by atoms with van der Waals surface area (Å²) >= 11 is 1.11. The molecular formula is C15H27N5O5S2. The van der Waals surface area contributed by atoms with Gasteiger partial charge in [0.2, 0.25) is 6.23 Å². The number of carbonyl (C=O) groups excluding carboxylic acids is 2. The molecule has 1 atom stereocenters. The van der Waals surface area contributed by atoms with E-state index < -0.39 is 27.9 Å². The number of nitrogens with zero attached hydrogens (tertiary/aromatic N) is 5. The number of amidine groups is 1. The standard InChI is InChI=1S/C15H27N5O5S2/c1-7-15(4,5)18-9-12(25-11(3)21)20(14(18)22)13-16-19(10-26-13)27(23,24)17(6)8-2/h12H,7-10H2,1-6H3. The van der Waals surface area contributed by atoms with Crippen LogP contribution in [0.1, 0.15) is 41.0 Å². The second-order valence-electron chi connectivity index (χ2n) is 6.89. The summed E-state index contributed by atoms with van der Waals surface area (Å²) in [5.41, 5.74) is -0.442. The van der Waals surface area contributed by atoms with Gasteiger partial charge < -0.3 is 9.64 Å². The zero-order valence-electron chi connectivity index (χ0n) is 16.5. The highest BCUT2D eigenvalue weighted by Crippen LogP contribution is 2.33. The van der Waals surface area contributed by atoms with Crippen molar-refractivity contribution in [3.8, 4) is 0 Å². The highest BCUT2D eigenvalue weighted by Gasteiger charge is 2.48. The van der Waals surface area contributed by atoms with Crippen molar-refractivity contribution < 1.29 is 22.7 Å². The molecule has 12 heteroatoms. The number of hydrazone groups is 1. The number of carbonyl (C=O) groups is 2. The Kier molecular flexibility index (Phi) is 6.32. The van der Waals surface area contributed by atoms with Gasteiger partial charge in [0.05, 0.1) is 6.54 Å². The van der Waals surface area contributed by atoms with E-state index in [1.807, 2.05) is 20.8 Å². The topological polar surface area (TPSA) is 103 Å². The molecule has 0 radical (unpaired) electrons. The molecule has 0 aromatic carbocycles. The molecule has 2 amide bonds. The van der Waals surface area contributed by atoms with Crippen molar-refractivity contribution in [3.05, 3.63) is 0 Å². The van der Waals surface area contributed by atoms with E-state index >= 15 is 0 Å². The number of amides is 2. The first kappa shape index (κ1) is 21.8. The lowest BCUT2D eigenvalue weighted by Gasteiger charge is -2.33. The Hall–Kier alpha value is -1.53. The molecule has 10 nitrogen and oxygen atoms in total. The molecule has 1 unspecified atom stereocenters. The Bertz CT molecular complexity index is 739. The first-order valence-corrected chi connectivity index (χ1v) is 11.1. The maximum atomic E-state index is 13.0. The highest BCUT2D eigenvalue weighted by molar-refractivity contribution is 8.14. The van der Waals surface area contributed by atoms with Gasteiger partial charge in [-0.05, 0) is 20.3 Å². The minimum atomic E-state index is -3.76. The summed E-state index contributed by atoms with van der Waals surface area (Å²) in [6, 6.07) is -0.359. The van der Waals surface area contributed by atoms with E-state index in [1.165, 1.54) is 23.2 Å². The molecule has 2 aliphatic rings. The highest BCUT2D eigenvalue weighted by atomic mass is 32.2. The third kappa shape index (κ3) is 4.16. The molecule has 154 valence electrons. The van der Waals surface area contributed by atoms with E-state index in [4.69, 9.17) is 4.74 Å². The molecule has 2 heterocycles. The SMILES string of the molecule is CCN(C)S(=O)(=O)N1CSC(N2C(=O)N(C(C)(C)CC)CC2OC(C)=O)=N1. The molecule has 1 saturated heterocycles. The average Bonchev–Trinajstić information content (AvgIpc) is 3.19. The van der Waals surface area contributed by atoms with Gasteiger partial charge in [0.1, 0.15) is 5.88 Å². The Labute approximate surface area is 164 Å². The first-order valence-electron chi connectivity index (χ1n) is 8.69.